The lowest BCUT2D eigenvalue weighted by atomic mass is 10.1. The van der Waals surface area contributed by atoms with Crippen LogP contribution in [-0.4, -0.2) is 35.3 Å². The van der Waals surface area contributed by atoms with Crippen molar-refractivity contribution in [2.75, 3.05) is 6.54 Å². The summed E-state index contributed by atoms with van der Waals surface area (Å²) in [5.41, 5.74) is 2.43. The molecule has 0 radical (unpaired) electrons. The van der Waals surface area contributed by atoms with Crippen molar-refractivity contribution in [1.29, 1.82) is 0 Å². The number of rotatable bonds is 5. The summed E-state index contributed by atoms with van der Waals surface area (Å²) in [6, 6.07) is 7.96. The fourth-order valence-electron chi connectivity index (χ4n) is 2.87. The topological polar surface area (TPSA) is 61.4 Å². The first-order valence-electron chi connectivity index (χ1n) is 8.25. The number of hydrogen-bond acceptors (Lipinski definition) is 3. The zero-order valence-corrected chi connectivity index (χ0v) is 13.4. The third-order valence-electron chi connectivity index (χ3n) is 4.53. The van der Waals surface area contributed by atoms with Gasteiger partial charge in [-0.25, -0.2) is 0 Å². The van der Waals surface area contributed by atoms with E-state index in [0.717, 1.165) is 19.4 Å². The van der Waals surface area contributed by atoms with Crippen LogP contribution in [0.25, 0.3) is 0 Å². The van der Waals surface area contributed by atoms with Crippen molar-refractivity contribution in [2.24, 2.45) is 0 Å². The van der Waals surface area contributed by atoms with Crippen molar-refractivity contribution in [3.63, 3.8) is 0 Å². The lowest BCUT2D eigenvalue weighted by Crippen LogP contribution is -2.54. The minimum Gasteiger partial charge on any atom is -0.349 e. The van der Waals surface area contributed by atoms with Crippen LogP contribution in [0.3, 0.4) is 0 Å². The summed E-state index contributed by atoms with van der Waals surface area (Å²) in [6.07, 6.45) is 5.05. The Morgan fingerprint density at radius 3 is 2.52 bits per heavy atom. The summed E-state index contributed by atoms with van der Waals surface area (Å²) < 4.78 is 0. The molecule has 2 atom stereocenters. The van der Waals surface area contributed by atoms with E-state index in [9.17, 15) is 9.59 Å². The molecule has 1 aromatic carbocycles. The van der Waals surface area contributed by atoms with E-state index >= 15 is 0 Å². The smallest absolute Gasteiger partial charge is 0.246 e. The molecule has 2 amide bonds. The molecule has 5 heteroatoms. The molecule has 1 fully saturated rings. The molecule has 1 saturated heterocycles. The molecule has 0 saturated carbocycles. The number of nitrogens with one attached hydrogen (secondary N) is 2. The third-order valence-corrected chi connectivity index (χ3v) is 4.53. The fraction of sp³-hybridized carbons (Fsp3) is 0.444. The number of benzene rings is 1. The van der Waals surface area contributed by atoms with Crippen molar-refractivity contribution in [3.05, 3.63) is 47.5 Å². The number of carbonyl (C=O) groups is 2. The molecule has 122 valence electrons. The molecular formula is C18H23N3O2. The number of carbonyl (C=O) groups excluding carboxylic acids is 2. The Morgan fingerprint density at radius 2 is 2.00 bits per heavy atom. The molecule has 1 aromatic rings. The molecule has 2 N–H and O–H groups in total. The Hall–Kier alpha value is -2.14. The number of fused-ring (bicyclic) bond motifs is 1. The quantitative estimate of drug-likeness (QED) is 0.807. The van der Waals surface area contributed by atoms with E-state index in [1.54, 1.807) is 6.08 Å². The average molecular weight is 313 g/mol. The molecule has 23 heavy (non-hydrogen) atoms. The molecule has 0 spiro atoms. The Morgan fingerprint density at radius 1 is 1.35 bits per heavy atom. The summed E-state index contributed by atoms with van der Waals surface area (Å²) in [5.74, 6) is 0.0180. The maximum absolute atomic E-state index is 12.3. The van der Waals surface area contributed by atoms with Crippen LogP contribution in [0.5, 0.6) is 0 Å². The van der Waals surface area contributed by atoms with Gasteiger partial charge >= 0.3 is 0 Å². The van der Waals surface area contributed by atoms with Crippen LogP contribution in [0, 0.1) is 0 Å². The standard InChI is InChI=1S/C18H23N3O2/c1-2-15(20-18(23)16-9-10-19-16)7-8-17(22)21-11-13-5-3-4-6-14(13)12-21/h3-8,15-16,19H,2,9-12H2,1H3,(H,20,23)/b8-7+/t15-,16-/m0/s1. The maximum atomic E-state index is 12.3. The van der Waals surface area contributed by atoms with Gasteiger partial charge in [-0.2, -0.15) is 0 Å². The van der Waals surface area contributed by atoms with E-state index in [2.05, 4.69) is 22.8 Å². The van der Waals surface area contributed by atoms with E-state index in [1.807, 2.05) is 30.0 Å². The molecule has 2 aliphatic heterocycles. The van der Waals surface area contributed by atoms with E-state index in [1.165, 1.54) is 11.1 Å². The summed E-state index contributed by atoms with van der Waals surface area (Å²) in [7, 11) is 0. The van der Waals surface area contributed by atoms with Crippen molar-refractivity contribution in [2.45, 2.75) is 44.9 Å². The van der Waals surface area contributed by atoms with E-state index < -0.39 is 0 Å². The predicted molar refractivity (Wildman–Crippen MR) is 88.5 cm³/mol. The molecule has 2 heterocycles. The van der Waals surface area contributed by atoms with E-state index in [4.69, 9.17) is 0 Å². The van der Waals surface area contributed by atoms with Crippen molar-refractivity contribution < 1.29 is 9.59 Å². The van der Waals surface area contributed by atoms with Gasteiger partial charge in [0.1, 0.15) is 0 Å². The van der Waals surface area contributed by atoms with Crippen LogP contribution >= 0.6 is 0 Å². The molecule has 0 unspecified atom stereocenters. The second kappa shape index (κ2) is 6.96. The van der Waals surface area contributed by atoms with Gasteiger partial charge < -0.3 is 15.5 Å². The predicted octanol–water partition coefficient (Wildman–Crippen LogP) is 1.34. The van der Waals surface area contributed by atoms with Crippen LogP contribution < -0.4 is 10.6 Å². The van der Waals surface area contributed by atoms with Gasteiger partial charge in [-0.1, -0.05) is 37.3 Å². The number of hydrogen-bond donors (Lipinski definition) is 2. The second-order valence-corrected chi connectivity index (χ2v) is 6.14. The molecule has 0 bridgehead atoms. The van der Waals surface area contributed by atoms with Crippen molar-refractivity contribution >= 4 is 11.8 Å². The zero-order valence-electron chi connectivity index (χ0n) is 13.4. The molecule has 0 aromatic heterocycles. The summed E-state index contributed by atoms with van der Waals surface area (Å²) >= 11 is 0. The Kier molecular flexibility index (Phi) is 4.76. The van der Waals surface area contributed by atoms with Crippen LogP contribution in [-0.2, 0) is 22.7 Å². The van der Waals surface area contributed by atoms with Crippen molar-refractivity contribution in [3.8, 4) is 0 Å². The highest BCUT2D eigenvalue weighted by molar-refractivity contribution is 5.88. The third kappa shape index (κ3) is 3.62. The summed E-state index contributed by atoms with van der Waals surface area (Å²) in [4.78, 5) is 26.1. The van der Waals surface area contributed by atoms with Gasteiger partial charge in [-0.3, -0.25) is 9.59 Å². The minimum atomic E-state index is -0.0983. The molecule has 5 nitrogen and oxygen atoms in total. The van der Waals surface area contributed by atoms with Gasteiger partial charge in [0.15, 0.2) is 0 Å². The van der Waals surface area contributed by atoms with Gasteiger partial charge in [0.25, 0.3) is 0 Å². The van der Waals surface area contributed by atoms with Crippen LogP contribution in [0.15, 0.2) is 36.4 Å². The van der Waals surface area contributed by atoms with Crippen LogP contribution in [0.1, 0.15) is 30.9 Å². The number of amides is 2. The Bertz CT molecular complexity index is 597. The fourth-order valence-corrected chi connectivity index (χ4v) is 2.87. The first kappa shape index (κ1) is 15.7. The van der Waals surface area contributed by atoms with Crippen LogP contribution in [0.2, 0.25) is 0 Å². The Labute approximate surface area is 136 Å². The number of nitrogens with zero attached hydrogens (tertiary/aromatic N) is 1. The zero-order chi connectivity index (χ0) is 16.2. The van der Waals surface area contributed by atoms with Gasteiger partial charge in [0.2, 0.25) is 11.8 Å². The molecule has 3 rings (SSSR count). The van der Waals surface area contributed by atoms with Gasteiger partial charge in [-0.15, -0.1) is 0 Å². The summed E-state index contributed by atoms with van der Waals surface area (Å²) in [6.45, 7) is 4.22. The normalized spacial score (nSPS) is 20.9. The first-order chi connectivity index (χ1) is 11.2. The average Bonchev–Trinajstić information content (AvgIpc) is 2.93. The van der Waals surface area contributed by atoms with Gasteiger partial charge in [0.05, 0.1) is 6.04 Å². The highest BCUT2D eigenvalue weighted by Gasteiger charge is 2.25. The van der Waals surface area contributed by atoms with Crippen molar-refractivity contribution in [1.82, 2.24) is 15.5 Å². The molecule has 2 aliphatic rings. The lowest BCUT2D eigenvalue weighted by Gasteiger charge is -2.27. The maximum Gasteiger partial charge on any atom is 0.246 e. The SMILES string of the molecule is CC[C@@H](/C=C/C(=O)N1Cc2ccccc2C1)NC(=O)[C@@H]1CCN1. The van der Waals surface area contributed by atoms with E-state index in [-0.39, 0.29) is 23.9 Å². The minimum absolute atomic E-state index is 0.00401. The highest BCUT2D eigenvalue weighted by Crippen LogP contribution is 2.22. The highest BCUT2D eigenvalue weighted by atomic mass is 16.2. The second-order valence-electron chi connectivity index (χ2n) is 6.14. The lowest BCUT2D eigenvalue weighted by molar-refractivity contribution is -0.127. The monoisotopic (exact) mass is 313 g/mol. The molecule has 0 aliphatic carbocycles. The van der Waals surface area contributed by atoms with Gasteiger partial charge in [0, 0.05) is 25.2 Å². The van der Waals surface area contributed by atoms with Crippen LogP contribution in [0.4, 0.5) is 0 Å². The Balaban J connectivity index is 1.54. The van der Waals surface area contributed by atoms with E-state index in [0.29, 0.717) is 13.1 Å². The summed E-state index contributed by atoms with van der Waals surface area (Å²) in [5, 5.41) is 6.06. The van der Waals surface area contributed by atoms with Gasteiger partial charge in [-0.05, 0) is 30.5 Å². The first-order valence-corrected chi connectivity index (χ1v) is 8.25. The molecular weight excluding hydrogens is 290 g/mol. The largest absolute Gasteiger partial charge is 0.349 e.